The van der Waals surface area contributed by atoms with E-state index in [1.165, 1.54) is 18.6 Å². The van der Waals surface area contributed by atoms with Gasteiger partial charge in [0.2, 0.25) is 5.91 Å². The summed E-state index contributed by atoms with van der Waals surface area (Å²) in [7, 11) is 0. The second kappa shape index (κ2) is 6.04. The third kappa shape index (κ3) is 4.59. The summed E-state index contributed by atoms with van der Waals surface area (Å²) in [6.45, 7) is 3.72. The summed E-state index contributed by atoms with van der Waals surface area (Å²) >= 11 is 1.95. The second-order valence-electron chi connectivity index (χ2n) is 3.99. The van der Waals surface area contributed by atoms with Crippen molar-refractivity contribution in [1.29, 1.82) is 0 Å². The standard InChI is InChI=1S/C11H18N2OS/c1-3-6-12-8-10(14)13-9-11(2)5-4-7-15-11/h1,12H,4-9H2,2H3,(H,13,14). The molecule has 15 heavy (non-hydrogen) atoms. The van der Waals surface area contributed by atoms with E-state index < -0.39 is 0 Å². The fourth-order valence-corrected chi connectivity index (χ4v) is 2.82. The van der Waals surface area contributed by atoms with Crippen molar-refractivity contribution in [3.8, 4) is 12.3 Å². The molecule has 0 spiro atoms. The van der Waals surface area contributed by atoms with Crippen molar-refractivity contribution in [3.05, 3.63) is 0 Å². The van der Waals surface area contributed by atoms with Crippen molar-refractivity contribution >= 4 is 17.7 Å². The van der Waals surface area contributed by atoms with Crippen LogP contribution in [0.15, 0.2) is 0 Å². The molecule has 1 fully saturated rings. The summed E-state index contributed by atoms with van der Waals surface area (Å²) in [6, 6.07) is 0. The molecule has 2 N–H and O–H groups in total. The maximum Gasteiger partial charge on any atom is 0.234 e. The zero-order valence-electron chi connectivity index (χ0n) is 9.14. The Morgan fingerprint density at radius 3 is 3.07 bits per heavy atom. The largest absolute Gasteiger partial charge is 0.354 e. The molecule has 4 heteroatoms. The smallest absolute Gasteiger partial charge is 0.234 e. The Morgan fingerprint density at radius 2 is 2.47 bits per heavy atom. The fraction of sp³-hybridized carbons (Fsp3) is 0.727. The zero-order chi connectivity index (χ0) is 11.1. The van der Waals surface area contributed by atoms with E-state index in [2.05, 4.69) is 23.5 Å². The van der Waals surface area contributed by atoms with Gasteiger partial charge in [-0.3, -0.25) is 10.1 Å². The molecule has 0 aromatic heterocycles. The van der Waals surface area contributed by atoms with Crippen LogP contribution in [0.5, 0.6) is 0 Å². The average molecular weight is 226 g/mol. The molecule has 0 aromatic carbocycles. The van der Waals surface area contributed by atoms with Crippen molar-refractivity contribution in [2.24, 2.45) is 0 Å². The maximum absolute atomic E-state index is 11.4. The molecule has 0 radical (unpaired) electrons. The lowest BCUT2D eigenvalue weighted by atomic mass is 10.1. The van der Waals surface area contributed by atoms with Gasteiger partial charge in [-0.2, -0.15) is 11.8 Å². The van der Waals surface area contributed by atoms with E-state index in [0.717, 1.165) is 6.54 Å². The minimum atomic E-state index is 0.0268. The molecule has 1 saturated heterocycles. The molecule has 1 amide bonds. The van der Waals surface area contributed by atoms with Crippen LogP contribution in [0, 0.1) is 12.3 Å². The highest BCUT2D eigenvalue weighted by atomic mass is 32.2. The van der Waals surface area contributed by atoms with Gasteiger partial charge >= 0.3 is 0 Å². The van der Waals surface area contributed by atoms with Crippen LogP contribution >= 0.6 is 11.8 Å². The Morgan fingerprint density at radius 1 is 1.67 bits per heavy atom. The van der Waals surface area contributed by atoms with Gasteiger partial charge in [-0.25, -0.2) is 0 Å². The first kappa shape index (κ1) is 12.4. The van der Waals surface area contributed by atoms with E-state index in [1.54, 1.807) is 0 Å². The number of thioether (sulfide) groups is 1. The van der Waals surface area contributed by atoms with Crippen molar-refractivity contribution in [2.75, 3.05) is 25.4 Å². The van der Waals surface area contributed by atoms with E-state index in [-0.39, 0.29) is 10.7 Å². The van der Waals surface area contributed by atoms with Crippen molar-refractivity contribution < 1.29 is 4.79 Å². The van der Waals surface area contributed by atoms with E-state index in [4.69, 9.17) is 6.42 Å². The van der Waals surface area contributed by atoms with Gasteiger partial charge in [-0.05, 0) is 25.5 Å². The normalized spacial score (nSPS) is 24.8. The number of nitrogens with one attached hydrogen (secondary N) is 2. The molecular formula is C11H18N2OS. The molecule has 1 atom stereocenters. The average Bonchev–Trinajstić information content (AvgIpc) is 2.64. The van der Waals surface area contributed by atoms with Gasteiger partial charge in [0.25, 0.3) is 0 Å². The van der Waals surface area contributed by atoms with Crippen LogP contribution < -0.4 is 10.6 Å². The van der Waals surface area contributed by atoms with Crippen LogP contribution in [0.3, 0.4) is 0 Å². The minimum Gasteiger partial charge on any atom is -0.354 e. The number of hydrogen-bond acceptors (Lipinski definition) is 3. The molecule has 1 aliphatic heterocycles. The quantitative estimate of drug-likeness (QED) is 0.533. The minimum absolute atomic E-state index is 0.0268. The van der Waals surface area contributed by atoms with Crippen molar-refractivity contribution in [3.63, 3.8) is 0 Å². The molecule has 1 rings (SSSR count). The summed E-state index contributed by atoms with van der Waals surface area (Å²) in [6.07, 6.45) is 7.51. The topological polar surface area (TPSA) is 41.1 Å². The van der Waals surface area contributed by atoms with Gasteiger partial charge in [0, 0.05) is 11.3 Å². The van der Waals surface area contributed by atoms with Gasteiger partial charge in [0.1, 0.15) is 0 Å². The van der Waals surface area contributed by atoms with Crippen LogP contribution in [0.4, 0.5) is 0 Å². The molecule has 84 valence electrons. The highest BCUT2D eigenvalue weighted by Crippen LogP contribution is 2.36. The van der Waals surface area contributed by atoms with Crippen LogP contribution in [0.25, 0.3) is 0 Å². The second-order valence-corrected chi connectivity index (χ2v) is 5.67. The fourth-order valence-electron chi connectivity index (χ4n) is 1.57. The summed E-state index contributed by atoms with van der Waals surface area (Å²) in [4.78, 5) is 11.4. The lowest BCUT2D eigenvalue weighted by Gasteiger charge is -2.22. The van der Waals surface area contributed by atoms with Crippen LogP contribution in [-0.2, 0) is 4.79 Å². The Hall–Kier alpha value is -0.660. The SMILES string of the molecule is C#CCNCC(=O)NCC1(C)CCCS1. The van der Waals surface area contributed by atoms with Gasteiger partial charge in [0.05, 0.1) is 13.1 Å². The third-order valence-electron chi connectivity index (χ3n) is 2.47. The van der Waals surface area contributed by atoms with Crippen molar-refractivity contribution in [1.82, 2.24) is 10.6 Å². The predicted octanol–water partition coefficient (Wildman–Crippen LogP) is 0.611. The Labute approximate surface area is 95.8 Å². The lowest BCUT2D eigenvalue weighted by molar-refractivity contribution is -0.120. The zero-order valence-corrected chi connectivity index (χ0v) is 9.95. The first-order valence-electron chi connectivity index (χ1n) is 5.21. The first-order valence-corrected chi connectivity index (χ1v) is 6.20. The predicted molar refractivity (Wildman–Crippen MR) is 64.8 cm³/mol. The number of carbonyl (C=O) groups excluding carboxylic acids is 1. The molecule has 1 aliphatic rings. The van der Waals surface area contributed by atoms with E-state index >= 15 is 0 Å². The summed E-state index contributed by atoms with van der Waals surface area (Å²) < 4.78 is 0.238. The molecule has 3 nitrogen and oxygen atoms in total. The van der Waals surface area contributed by atoms with Gasteiger partial charge in [0.15, 0.2) is 0 Å². The maximum atomic E-state index is 11.4. The summed E-state index contributed by atoms with van der Waals surface area (Å²) in [5.74, 6) is 3.67. The highest BCUT2D eigenvalue weighted by molar-refractivity contribution is 8.00. The molecule has 0 aliphatic carbocycles. The Balaban J connectivity index is 2.13. The summed E-state index contributed by atoms with van der Waals surface area (Å²) in [5, 5.41) is 5.80. The molecule has 0 saturated carbocycles. The van der Waals surface area contributed by atoms with Gasteiger partial charge < -0.3 is 5.32 Å². The van der Waals surface area contributed by atoms with Gasteiger partial charge in [-0.15, -0.1) is 6.42 Å². The number of rotatable bonds is 5. The molecule has 1 heterocycles. The lowest BCUT2D eigenvalue weighted by Crippen LogP contribution is -2.41. The Bertz CT molecular complexity index is 254. The number of terminal acetylenes is 1. The van der Waals surface area contributed by atoms with Crippen LogP contribution in [0.1, 0.15) is 19.8 Å². The highest BCUT2D eigenvalue weighted by Gasteiger charge is 2.29. The number of carbonyl (C=O) groups is 1. The number of amides is 1. The summed E-state index contributed by atoms with van der Waals surface area (Å²) in [5.41, 5.74) is 0. The number of hydrogen-bond donors (Lipinski definition) is 2. The van der Waals surface area contributed by atoms with Gasteiger partial charge in [-0.1, -0.05) is 5.92 Å². The van der Waals surface area contributed by atoms with E-state index in [1.807, 2.05) is 11.8 Å². The van der Waals surface area contributed by atoms with E-state index in [0.29, 0.717) is 13.1 Å². The molecule has 1 unspecified atom stereocenters. The van der Waals surface area contributed by atoms with Crippen LogP contribution in [0.2, 0.25) is 0 Å². The molecule has 0 aromatic rings. The Kier molecular flexibility index (Phi) is 5.00. The van der Waals surface area contributed by atoms with Crippen LogP contribution in [-0.4, -0.2) is 36.0 Å². The molecule has 0 bridgehead atoms. The first-order chi connectivity index (χ1) is 7.16. The van der Waals surface area contributed by atoms with Crippen molar-refractivity contribution in [2.45, 2.75) is 24.5 Å². The molecular weight excluding hydrogens is 208 g/mol. The van der Waals surface area contributed by atoms with E-state index in [9.17, 15) is 4.79 Å². The monoisotopic (exact) mass is 226 g/mol. The third-order valence-corrected chi connectivity index (χ3v) is 4.01.